The quantitative estimate of drug-likeness (QED) is 0.608. The monoisotopic (exact) mass is 518 g/mol. The molecule has 8 nitrogen and oxygen atoms in total. The lowest BCUT2D eigenvalue weighted by Crippen LogP contribution is -2.41. The molecular weight excluding hydrogens is 492 g/mol. The number of carbonyl (C=O) groups excluding carboxylic acids is 2. The maximum absolute atomic E-state index is 13.0. The van der Waals surface area contributed by atoms with Gasteiger partial charge in [-0.25, -0.2) is 8.42 Å². The third kappa shape index (κ3) is 4.86. The minimum absolute atomic E-state index is 0.00921. The SMILES string of the molecule is CSc1ccc(S(=O)(=O)N2CCC(C(=O)Nc3sc4c(c3C#N)CCN(C(C)=O)C4)CC2)cc1. The number of hydrogen-bond acceptors (Lipinski definition) is 7. The van der Waals surface area contributed by atoms with Crippen LogP contribution in [0.4, 0.5) is 5.00 Å². The summed E-state index contributed by atoms with van der Waals surface area (Å²) in [7, 11) is -3.60. The number of thioether (sulfide) groups is 1. The first-order valence-electron chi connectivity index (χ1n) is 11.0. The Hall–Kier alpha value is -2.39. The zero-order valence-electron chi connectivity index (χ0n) is 19.0. The van der Waals surface area contributed by atoms with Gasteiger partial charge in [0.15, 0.2) is 0 Å². The van der Waals surface area contributed by atoms with E-state index in [1.807, 2.05) is 6.26 Å². The van der Waals surface area contributed by atoms with Crippen LogP contribution < -0.4 is 5.32 Å². The number of hydrogen-bond donors (Lipinski definition) is 1. The summed E-state index contributed by atoms with van der Waals surface area (Å²) in [4.78, 5) is 28.6. The van der Waals surface area contributed by atoms with Gasteiger partial charge in [-0.3, -0.25) is 9.59 Å². The summed E-state index contributed by atoms with van der Waals surface area (Å²) >= 11 is 2.90. The van der Waals surface area contributed by atoms with Crippen LogP contribution in [0.1, 0.15) is 35.8 Å². The van der Waals surface area contributed by atoms with Crippen LogP contribution in [-0.2, 0) is 32.6 Å². The van der Waals surface area contributed by atoms with Crippen LogP contribution in [0.15, 0.2) is 34.1 Å². The molecule has 0 radical (unpaired) electrons. The highest BCUT2D eigenvalue weighted by molar-refractivity contribution is 7.98. The van der Waals surface area contributed by atoms with Crippen molar-refractivity contribution < 1.29 is 18.0 Å². The average Bonchev–Trinajstić information content (AvgIpc) is 3.20. The predicted octanol–water partition coefficient (Wildman–Crippen LogP) is 3.29. The molecule has 0 bridgehead atoms. The number of rotatable bonds is 5. The number of sulfonamides is 1. The molecule has 0 atom stereocenters. The minimum Gasteiger partial charge on any atom is -0.337 e. The minimum atomic E-state index is -3.60. The maximum atomic E-state index is 13.0. The largest absolute Gasteiger partial charge is 0.337 e. The number of amides is 2. The lowest BCUT2D eigenvalue weighted by atomic mass is 9.97. The van der Waals surface area contributed by atoms with E-state index in [0.29, 0.717) is 42.9 Å². The number of nitrogens with one attached hydrogen (secondary N) is 1. The molecular formula is C23H26N4O4S3. The highest BCUT2D eigenvalue weighted by Crippen LogP contribution is 2.37. The number of benzene rings is 1. The van der Waals surface area contributed by atoms with Gasteiger partial charge in [-0.1, -0.05) is 0 Å². The number of nitrogens with zero attached hydrogens (tertiary/aromatic N) is 3. The standard InChI is InChI=1S/C23H26N4O4S3/c1-15(28)26-10-9-19-20(13-24)23(33-21(19)14-26)25-22(29)16-7-11-27(12-8-16)34(30,31)18-5-3-17(32-2)4-6-18/h3-6,16H,7-12,14H2,1-2H3,(H,25,29). The summed E-state index contributed by atoms with van der Waals surface area (Å²) in [5.74, 6) is -0.533. The van der Waals surface area contributed by atoms with E-state index < -0.39 is 10.0 Å². The second-order valence-electron chi connectivity index (χ2n) is 8.35. The van der Waals surface area contributed by atoms with Crippen LogP contribution in [0.5, 0.6) is 0 Å². The van der Waals surface area contributed by atoms with Crippen molar-refractivity contribution >= 4 is 49.9 Å². The van der Waals surface area contributed by atoms with E-state index in [0.717, 1.165) is 15.3 Å². The summed E-state index contributed by atoms with van der Waals surface area (Å²) < 4.78 is 27.4. The Morgan fingerprint density at radius 1 is 1.18 bits per heavy atom. The van der Waals surface area contributed by atoms with Gasteiger partial charge in [0.05, 0.1) is 17.0 Å². The first-order chi connectivity index (χ1) is 16.2. The lowest BCUT2D eigenvalue weighted by Gasteiger charge is -2.30. The van der Waals surface area contributed by atoms with Crippen LogP contribution >= 0.6 is 23.1 Å². The highest BCUT2D eigenvalue weighted by Gasteiger charge is 2.33. The fraction of sp³-hybridized carbons (Fsp3) is 0.435. The predicted molar refractivity (Wildman–Crippen MR) is 132 cm³/mol. The number of nitriles is 1. The summed E-state index contributed by atoms with van der Waals surface area (Å²) in [5.41, 5.74) is 1.39. The van der Waals surface area contributed by atoms with Crippen molar-refractivity contribution in [2.24, 2.45) is 5.92 Å². The Labute approximate surface area is 208 Å². The Balaban J connectivity index is 1.41. The number of thiophene rings is 1. The zero-order chi connectivity index (χ0) is 24.5. The van der Waals surface area contributed by atoms with Gasteiger partial charge in [0.1, 0.15) is 11.1 Å². The summed E-state index contributed by atoms with van der Waals surface area (Å²) in [6, 6.07) is 9.04. The van der Waals surface area contributed by atoms with Crippen molar-refractivity contribution in [2.75, 3.05) is 31.2 Å². The molecule has 2 aliphatic heterocycles. The molecule has 1 aromatic carbocycles. The molecule has 34 heavy (non-hydrogen) atoms. The summed E-state index contributed by atoms with van der Waals surface area (Å²) in [6.45, 7) is 3.08. The van der Waals surface area contributed by atoms with E-state index >= 15 is 0 Å². The highest BCUT2D eigenvalue weighted by atomic mass is 32.2. The molecule has 2 aliphatic rings. The number of fused-ring (bicyclic) bond motifs is 1. The smallest absolute Gasteiger partial charge is 0.243 e. The van der Waals surface area contributed by atoms with Gasteiger partial charge >= 0.3 is 0 Å². The second kappa shape index (κ2) is 10.1. The summed E-state index contributed by atoms with van der Waals surface area (Å²) in [6.07, 6.45) is 3.36. The van der Waals surface area contributed by atoms with Crippen molar-refractivity contribution in [3.05, 3.63) is 40.3 Å². The van der Waals surface area contributed by atoms with Gasteiger partial charge in [-0.2, -0.15) is 9.57 Å². The van der Waals surface area contributed by atoms with E-state index in [1.165, 1.54) is 22.6 Å². The van der Waals surface area contributed by atoms with Gasteiger partial charge in [-0.15, -0.1) is 23.1 Å². The fourth-order valence-electron chi connectivity index (χ4n) is 4.35. The molecule has 1 saturated heterocycles. The van der Waals surface area contributed by atoms with Crippen molar-refractivity contribution in [1.82, 2.24) is 9.21 Å². The molecule has 0 unspecified atom stereocenters. The molecule has 4 rings (SSSR count). The molecule has 0 spiro atoms. The first kappa shape index (κ1) is 24.7. The van der Waals surface area contributed by atoms with E-state index in [9.17, 15) is 23.3 Å². The van der Waals surface area contributed by atoms with Gasteiger partial charge in [-0.05, 0) is 55.3 Å². The van der Waals surface area contributed by atoms with E-state index in [2.05, 4.69) is 11.4 Å². The molecule has 2 amide bonds. The molecule has 0 saturated carbocycles. The van der Waals surface area contributed by atoms with Crippen LogP contribution in [-0.4, -0.2) is 55.3 Å². The Bertz CT molecular complexity index is 1240. The van der Waals surface area contributed by atoms with Crippen molar-refractivity contribution in [3.63, 3.8) is 0 Å². The molecule has 3 heterocycles. The van der Waals surface area contributed by atoms with Crippen molar-refractivity contribution in [3.8, 4) is 6.07 Å². The molecule has 2 aromatic rings. The van der Waals surface area contributed by atoms with Crippen molar-refractivity contribution in [1.29, 1.82) is 5.26 Å². The summed E-state index contributed by atoms with van der Waals surface area (Å²) in [5, 5.41) is 13.1. The molecule has 0 aliphatic carbocycles. The Kier molecular flexibility index (Phi) is 7.33. The topological polar surface area (TPSA) is 111 Å². The fourth-order valence-corrected chi connectivity index (χ4v) is 7.44. The molecule has 1 N–H and O–H groups in total. The van der Waals surface area contributed by atoms with Gasteiger partial charge in [0.2, 0.25) is 21.8 Å². The Morgan fingerprint density at radius 2 is 1.85 bits per heavy atom. The van der Waals surface area contributed by atoms with Crippen LogP contribution in [0.2, 0.25) is 0 Å². The van der Waals surface area contributed by atoms with E-state index in [1.54, 1.807) is 40.9 Å². The second-order valence-corrected chi connectivity index (χ2v) is 12.3. The number of anilines is 1. The number of carbonyl (C=O) groups is 2. The molecule has 11 heteroatoms. The molecule has 1 aromatic heterocycles. The Morgan fingerprint density at radius 3 is 2.44 bits per heavy atom. The van der Waals surface area contributed by atoms with Gasteiger partial charge in [0, 0.05) is 42.2 Å². The normalized spacial score (nSPS) is 17.1. The first-order valence-corrected chi connectivity index (χ1v) is 14.5. The lowest BCUT2D eigenvalue weighted by molar-refractivity contribution is -0.129. The van der Waals surface area contributed by atoms with Crippen LogP contribution in [0.25, 0.3) is 0 Å². The zero-order valence-corrected chi connectivity index (χ0v) is 21.5. The third-order valence-electron chi connectivity index (χ3n) is 6.37. The van der Waals surface area contributed by atoms with Gasteiger partial charge < -0.3 is 10.2 Å². The maximum Gasteiger partial charge on any atom is 0.243 e. The van der Waals surface area contributed by atoms with Crippen LogP contribution in [0, 0.1) is 17.2 Å². The average molecular weight is 519 g/mol. The van der Waals surface area contributed by atoms with Crippen molar-refractivity contribution in [2.45, 2.75) is 42.5 Å². The molecule has 180 valence electrons. The van der Waals surface area contributed by atoms with E-state index in [-0.39, 0.29) is 35.7 Å². The number of piperidine rings is 1. The van der Waals surface area contributed by atoms with E-state index in [4.69, 9.17) is 0 Å². The molecule has 1 fully saturated rings. The van der Waals surface area contributed by atoms with Gasteiger partial charge in [0.25, 0.3) is 0 Å². The van der Waals surface area contributed by atoms with Crippen LogP contribution in [0.3, 0.4) is 0 Å². The third-order valence-corrected chi connectivity index (χ3v) is 10.2.